The van der Waals surface area contributed by atoms with Gasteiger partial charge < -0.3 is 10.4 Å². The maximum Gasteiger partial charge on any atom is 0.252 e. The molecule has 1 aliphatic rings. The van der Waals surface area contributed by atoms with Crippen LogP contribution in [0.15, 0.2) is 36.7 Å². The zero-order chi connectivity index (χ0) is 18.1. The number of aliphatic hydroxyl groups excluding tert-OH is 1. The number of nitrogens with one attached hydrogen (secondary N) is 2. The van der Waals surface area contributed by atoms with Gasteiger partial charge in [-0.15, -0.1) is 10.2 Å². The van der Waals surface area contributed by atoms with E-state index in [1.54, 1.807) is 29.1 Å². The molecule has 26 heavy (non-hydrogen) atoms. The Hall–Kier alpha value is -3.07. The second-order valence-corrected chi connectivity index (χ2v) is 6.56. The van der Waals surface area contributed by atoms with Crippen molar-refractivity contribution in [3.8, 4) is 11.4 Å². The van der Waals surface area contributed by atoms with Gasteiger partial charge in [-0.1, -0.05) is 18.2 Å². The van der Waals surface area contributed by atoms with Crippen LogP contribution in [0.1, 0.15) is 34.8 Å². The van der Waals surface area contributed by atoms with Crippen LogP contribution in [0.25, 0.3) is 11.4 Å². The zero-order valence-corrected chi connectivity index (χ0v) is 14.2. The predicted octanol–water partition coefficient (Wildman–Crippen LogP) is 0.842. The van der Waals surface area contributed by atoms with Gasteiger partial charge in [-0.05, 0) is 30.0 Å². The molecule has 1 aliphatic carbocycles. The van der Waals surface area contributed by atoms with E-state index < -0.39 is 0 Å². The Bertz CT molecular complexity index is 899. The van der Waals surface area contributed by atoms with Crippen LogP contribution in [-0.2, 0) is 7.05 Å². The SMILES string of the molecule is Cn1cc([C@H](NC(=O)c2ccccc2-c2nn[nH]n2)C2CC(O)C2)cn1. The van der Waals surface area contributed by atoms with E-state index in [0.29, 0.717) is 29.8 Å². The summed E-state index contributed by atoms with van der Waals surface area (Å²) in [5.41, 5.74) is 2.01. The van der Waals surface area contributed by atoms with E-state index in [-0.39, 0.29) is 24.0 Å². The molecule has 2 aromatic heterocycles. The number of hydrogen-bond acceptors (Lipinski definition) is 6. The number of H-pyrrole nitrogens is 1. The third-order valence-corrected chi connectivity index (χ3v) is 4.75. The summed E-state index contributed by atoms with van der Waals surface area (Å²) in [5.74, 6) is 0.323. The smallest absolute Gasteiger partial charge is 0.252 e. The molecule has 1 aromatic carbocycles. The average Bonchev–Trinajstić information content (AvgIpc) is 3.29. The van der Waals surface area contributed by atoms with Crippen molar-refractivity contribution in [1.29, 1.82) is 0 Å². The van der Waals surface area contributed by atoms with E-state index in [4.69, 9.17) is 0 Å². The van der Waals surface area contributed by atoms with Gasteiger partial charge in [0, 0.05) is 24.4 Å². The minimum absolute atomic E-state index is 0.176. The lowest BCUT2D eigenvalue weighted by Crippen LogP contribution is -2.41. The van der Waals surface area contributed by atoms with E-state index in [1.807, 2.05) is 19.3 Å². The number of tetrazole rings is 1. The van der Waals surface area contributed by atoms with Gasteiger partial charge in [-0.3, -0.25) is 9.48 Å². The van der Waals surface area contributed by atoms with Crippen molar-refractivity contribution in [1.82, 2.24) is 35.7 Å². The van der Waals surface area contributed by atoms with Crippen LogP contribution >= 0.6 is 0 Å². The van der Waals surface area contributed by atoms with Crippen LogP contribution < -0.4 is 5.32 Å². The highest BCUT2D eigenvalue weighted by Crippen LogP contribution is 2.38. The number of nitrogens with zero attached hydrogens (tertiary/aromatic N) is 5. The Morgan fingerprint density at radius 1 is 1.38 bits per heavy atom. The first kappa shape index (κ1) is 16.4. The molecule has 1 saturated carbocycles. The second-order valence-electron chi connectivity index (χ2n) is 6.56. The second kappa shape index (κ2) is 6.68. The third kappa shape index (κ3) is 3.08. The summed E-state index contributed by atoms with van der Waals surface area (Å²) in [6.45, 7) is 0. The molecule has 3 N–H and O–H groups in total. The van der Waals surface area contributed by atoms with Gasteiger partial charge >= 0.3 is 0 Å². The fourth-order valence-electron chi connectivity index (χ4n) is 3.35. The van der Waals surface area contributed by atoms with Crippen LogP contribution in [0.2, 0.25) is 0 Å². The summed E-state index contributed by atoms with van der Waals surface area (Å²) < 4.78 is 1.71. The molecule has 3 aromatic rings. The van der Waals surface area contributed by atoms with Crippen LogP contribution in [0, 0.1) is 5.92 Å². The first-order valence-electron chi connectivity index (χ1n) is 8.42. The summed E-state index contributed by atoms with van der Waals surface area (Å²) in [5, 5.41) is 30.9. The van der Waals surface area contributed by atoms with Gasteiger partial charge in [0.15, 0.2) is 0 Å². The number of amides is 1. The van der Waals surface area contributed by atoms with Crippen LogP contribution in [0.3, 0.4) is 0 Å². The fourth-order valence-corrected chi connectivity index (χ4v) is 3.35. The number of carbonyl (C=O) groups excluding carboxylic acids is 1. The Labute approximate surface area is 149 Å². The molecular weight excluding hydrogens is 334 g/mol. The van der Waals surface area contributed by atoms with Crippen molar-refractivity contribution in [3.05, 3.63) is 47.8 Å². The number of carbonyl (C=O) groups is 1. The maximum atomic E-state index is 13.0. The van der Waals surface area contributed by atoms with Crippen molar-refractivity contribution in [2.24, 2.45) is 13.0 Å². The Balaban J connectivity index is 1.61. The van der Waals surface area contributed by atoms with Crippen molar-refractivity contribution in [3.63, 3.8) is 0 Å². The van der Waals surface area contributed by atoms with Gasteiger partial charge in [-0.2, -0.15) is 10.3 Å². The number of aryl methyl sites for hydroxylation is 1. The highest BCUT2D eigenvalue weighted by molar-refractivity contribution is 6.00. The molecular formula is C17H19N7O2. The normalized spacial score (nSPS) is 20.4. The molecule has 9 nitrogen and oxygen atoms in total. The maximum absolute atomic E-state index is 13.0. The highest BCUT2D eigenvalue weighted by Gasteiger charge is 2.36. The molecule has 2 heterocycles. The van der Waals surface area contributed by atoms with Gasteiger partial charge in [0.05, 0.1) is 23.9 Å². The number of aromatic amines is 1. The molecule has 134 valence electrons. The summed E-state index contributed by atoms with van der Waals surface area (Å²) in [6, 6.07) is 6.93. The van der Waals surface area contributed by atoms with Crippen molar-refractivity contribution in [2.45, 2.75) is 25.0 Å². The molecule has 0 radical (unpaired) electrons. The third-order valence-electron chi connectivity index (χ3n) is 4.75. The van der Waals surface area contributed by atoms with Crippen molar-refractivity contribution < 1.29 is 9.90 Å². The predicted molar refractivity (Wildman–Crippen MR) is 91.8 cm³/mol. The minimum atomic E-state index is -0.303. The molecule has 0 spiro atoms. The van der Waals surface area contributed by atoms with E-state index in [9.17, 15) is 9.90 Å². The number of aliphatic hydroxyl groups is 1. The Kier molecular flexibility index (Phi) is 4.21. The lowest BCUT2D eigenvalue weighted by molar-refractivity contribution is 0.0235. The number of hydrogen-bond donors (Lipinski definition) is 3. The minimum Gasteiger partial charge on any atom is -0.393 e. The lowest BCUT2D eigenvalue weighted by Gasteiger charge is -2.37. The molecule has 0 bridgehead atoms. The quantitative estimate of drug-likeness (QED) is 0.625. The first-order chi connectivity index (χ1) is 12.6. The van der Waals surface area contributed by atoms with E-state index in [2.05, 4.69) is 31.0 Å². The van der Waals surface area contributed by atoms with Gasteiger partial charge in [0.25, 0.3) is 5.91 Å². The largest absolute Gasteiger partial charge is 0.393 e. The molecule has 9 heteroatoms. The lowest BCUT2D eigenvalue weighted by atomic mass is 9.75. The summed E-state index contributed by atoms with van der Waals surface area (Å²) in [6.07, 6.45) is 4.66. The Morgan fingerprint density at radius 2 is 2.19 bits per heavy atom. The topological polar surface area (TPSA) is 122 Å². The molecule has 1 amide bonds. The van der Waals surface area contributed by atoms with Crippen LogP contribution in [0.4, 0.5) is 0 Å². The first-order valence-corrected chi connectivity index (χ1v) is 8.42. The Morgan fingerprint density at radius 3 is 2.85 bits per heavy atom. The summed E-state index contributed by atoms with van der Waals surface area (Å²) in [4.78, 5) is 13.0. The van der Waals surface area contributed by atoms with Crippen molar-refractivity contribution in [2.75, 3.05) is 0 Å². The van der Waals surface area contributed by atoms with Crippen molar-refractivity contribution >= 4 is 5.91 Å². The highest BCUT2D eigenvalue weighted by atomic mass is 16.3. The number of benzene rings is 1. The molecule has 0 unspecified atom stereocenters. The molecule has 4 rings (SSSR count). The molecule has 0 aliphatic heterocycles. The molecule has 1 atom stereocenters. The molecule has 1 fully saturated rings. The summed E-state index contributed by atoms with van der Waals surface area (Å²) in [7, 11) is 1.84. The van der Waals surface area contributed by atoms with E-state index in [1.165, 1.54) is 0 Å². The van der Waals surface area contributed by atoms with Crippen LogP contribution in [-0.4, -0.2) is 47.5 Å². The standard InChI is InChI=1S/C17H19N7O2/c1-24-9-11(8-18-24)15(10-6-12(25)7-10)19-17(26)14-5-3-2-4-13(14)16-20-22-23-21-16/h2-5,8-10,12,15,25H,6-7H2,1H3,(H,19,26)(H,20,21,22,23)/t10?,12?,15-/m1/s1. The summed E-state index contributed by atoms with van der Waals surface area (Å²) >= 11 is 0. The van der Waals surface area contributed by atoms with E-state index in [0.717, 1.165) is 5.56 Å². The monoisotopic (exact) mass is 353 g/mol. The fraction of sp³-hybridized carbons (Fsp3) is 0.353. The number of aromatic nitrogens is 6. The average molecular weight is 353 g/mol. The van der Waals surface area contributed by atoms with Crippen LogP contribution in [0.5, 0.6) is 0 Å². The van der Waals surface area contributed by atoms with Gasteiger partial charge in [0.1, 0.15) is 0 Å². The van der Waals surface area contributed by atoms with E-state index >= 15 is 0 Å². The van der Waals surface area contributed by atoms with Gasteiger partial charge in [0.2, 0.25) is 5.82 Å². The molecule has 0 saturated heterocycles. The zero-order valence-electron chi connectivity index (χ0n) is 14.2. The van der Waals surface area contributed by atoms with Gasteiger partial charge in [-0.25, -0.2) is 0 Å². The number of rotatable bonds is 5.